The van der Waals surface area contributed by atoms with E-state index < -0.39 is 35.1 Å². The summed E-state index contributed by atoms with van der Waals surface area (Å²) in [5.41, 5.74) is 1.88. The highest BCUT2D eigenvalue weighted by Gasteiger charge is 2.28. The Bertz CT molecular complexity index is 935. The van der Waals surface area contributed by atoms with E-state index in [1.54, 1.807) is 18.9 Å². The molecule has 1 atom stereocenters. The number of likely N-dealkylation sites (N-methyl/N-ethyl adjacent to an activating group) is 1. The van der Waals surface area contributed by atoms with Crippen LogP contribution in [0.1, 0.15) is 18.1 Å². The monoisotopic (exact) mass is 405 g/mol. The Kier molecular flexibility index (Phi) is 6.22. The number of amides is 2. The summed E-state index contributed by atoms with van der Waals surface area (Å²) in [6, 6.07) is 9.05. The highest BCUT2D eigenvalue weighted by molar-refractivity contribution is 5.93. The molecule has 1 heterocycles. The molecule has 2 amide bonds. The van der Waals surface area contributed by atoms with Gasteiger partial charge in [-0.05, 0) is 43.7 Å². The van der Waals surface area contributed by atoms with Crippen LogP contribution in [0.2, 0.25) is 0 Å². The fraction of sp³-hybridized carbons (Fsp3) is 0.333. The molecule has 0 aliphatic carbocycles. The number of fused-ring (bicyclic) bond motifs is 1. The average molecular weight is 405 g/mol. The summed E-state index contributed by atoms with van der Waals surface area (Å²) in [6.45, 7) is 2.59. The molecule has 8 heteroatoms. The van der Waals surface area contributed by atoms with Crippen LogP contribution in [-0.4, -0.2) is 47.8 Å². The first-order valence-corrected chi connectivity index (χ1v) is 9.27. The Balaban J connectivity index is 1.59. The first kappa shape index (κ1) is 20.9. The quantitative estimate of drug-likeness (QED) is 0.779. The third kappa shape index (κ3) is 4.59. The van der Waals surface area contributed by atoms with E-state index in [9.17, 15) is 22.8 Å². The molecule has 1 aliphatic heterocycles. The number of rotatable bonds is 5. The molecular weight excluding hydrogens is 383 g/mol. The molecule has 0 saturated heterocycles. The van der Waals surface area contributed by atoms with Crippen LogP contribution in [0.25, 0.3) is 0 Å². The SMILES string of the molecule is C[C@H](C(=O)N1CCc2ccccc2C1)N(C)CC(=O)Nc1ccc(F)c(F)c1F. The predicted molar refractivity (Wildman–Crippen MR) is 103 cm³/mol. The van der Waals surface area contributed by atoms with Crippen molar-refractivity contribution in [2.45, 2.75) is 25.9 Å². The highest BCUT2D eigenvalue weighted by Crippen LogP contribution is 2.21. The van der Waals surface area contributed by atoms with Gasteiger partial charge in [-0.1, -0.05) is 24.3 Å². The maximum Gasteiger partial charge on any atom is 0.239 e. The maximum absolute atomic E-state index is 13.7. The molecule has 0 bridgehead atoms. The Morgan fingerprint density at radius 3 is 2.52 bits per heavy atom. The van der Waals surface area contributed by atoms with Crippen molar-refractivity contribution in [1.29, 1.82) is 0 Å². The normalized spacial score (nSPS) is 14.5. The summed E-state index contributed by atoms with van der Waals surface area (Å²) in [6.07, 6.45) is 0.772. The van der Waals surface area contributed by atoms with E-state index in [1.807, 2.05) is 18.2 Å². The molecule has 0 aromatic heterocycles. The molecule has 0 radical (unpaired) electrons. The summed E-state index contributed by atoms with van der Waals surface area (Å²) in [5.74, 6) is -5.20. The van der Waals surface area contributed by atoms with Crippen molar-refractivity contribution in [2.24, 2.45) is 0 Å². The van der Waals surface area contributed by atoms with E-state index in [0.717, 1.165) is 24.1 Å². The standard InChI is InChI=1S/C21H22F3N3O2/c1-13(21(29)27-10-9-14-5-3-4-6-15(14)11-27)26(2)12-18(28)25-17-8-7-16(22)19(23)20(17)24/h3-8,13H,9-12H2,1-2H3,(H,25,28)/t13-/m1/s1. The van der Waals surface area contributed by atoms with Crippen LogP contribution in [0.3, 0.4) is 0 Å². The second kappa shape index (κ2) is 8.65. The van der Waals surface area contributed by atoms with Gasteiger partial charge < -0.3 is 10.2 Å². The van der Waals surface area contributed by atoms with Crippen LogP contribution in [0.4, 0.5) is 18.9 Å². The van der Waals surface area contributed by atoms with Crippen LogP contribution < -0.4 is 5.32 Å². The number of anilines is 1. The fourth-order valence-electron chi connectivity index (χ4n) is 3.31. The summed E-state index contributed by atoms with van der Waals surface area (Å²) in [4.78, 5) is 28.3. The van der Waals surface area contributed by atoms with Gasteiger partial charge in [-0.25, -0.2) is 13.2 Å². The second-order valence-corrected chi connectivity index (χ2v) is 7.14. The fourth-order valence-corrected chi connectivity index (χ4v) is 3.31. The van der Waals surface area contributed by atoms with Gasteiger partial charge in [0, 0.05) is 13.1 Å². The Labute approximate surface area is 167 Å². The van der Waals surface area contributed by atoms with E-state index in [0.29, 0.717) is 13.1 Å². The Morgan fingerprint density at radius 2 is 1.79 bits per heavy atom. The van der Waals surface area contributed by atoms with Crippen molar-refractivity contribution in [1.82, 2.24) is 9.80 Å². The first-order valence-electron chi connectivity index (χ1n) is 9.27. The van der Waals surface area contributed by atoms with Gasteiger partial charge in [0.1, 0.15) is 0 Å². The number of hydrogen-bond acceptors (Lipinski definition) is 3. The van der Waals surface area contributed by atoms with Crippen molar-refractivity contribution >= 4 is 17.5 Å². The number of carbonyl (C=O) groups excluding carboxylic acids is 2. The minimum Gasteiger partial charge on any atom is -0.337 e. The second-order valence-electron chi connectivity index (χ2n) is 7.14. The molecule has 5 nitrogen and oxygen atoms in total. The largest absolute Gasteiger partial charge is 0.337 e. The van der Waals surface area contributed by atoms with Gasteiger partial charge in [0.15, 0.2) is 17.5 Å². The lowest BCUT2D eigenvalue weighted by Crippen LogP contribution is -2.49. The molecule has 0 spiro atoms. The Morgan fingerprint density at radius 1 is 1.10 bits per heavy atom. The molecule has 0 unspecified atom stereocenters. The molecule has 0 fully saturated rings. The molecular formula is C21H22F3N3O2. The molecule has 3 rings (SSSR count). The van der Waals surface area contributed by atoms with Gasteiger partial charge in [0.05, 0.1) is 18.3 Å². The molecule has 1 N–H and O–H groups in total. The molecule has 2 aromatic carbocycles. The van der Waals surface area contributed by atoms with Gasteiger partial charge in [-0.2, -0.15) is 0 Å². The summed E-state index contributed by atoms with van der Waals surface area (Å²) in [7, 11) is 1.60. The van der Waals surface area contributed by atoms with Crippen molar-refractivity contribution in [3.8, 4) is 0 Å². The van der Waals surface area contributed by atoms with E-state index in [-0.39, 0.29) is 12.5 Å². The van der Waals surface area contributed by atoms with Crippen LogP contribution >= 0.6 is 0 Å². The third-order valence-electron chi connectivity index (χ3n) is 5.16. The third-order valence-corrected chi connectivity index (χ3v) is 5.16. The lowest BCUT2D eigenvalue weighted by atomic mass is 9.99. The zero-order chi connectivity index (χ0) is 21.1. The molecule has 1 aliphatic rings. The van der Waals surface area contributed by atoms with Crippen molar-refractivity contribution in [3.63, 3.8) is 0 Å². The highest BCUT2D eigenvalue weighted by atomic mass is 19.2. The summed E-state index contributed by atoms with van der Waals surface area (Å²) < 4.78 is 40.0. The number of nitrogens with zero attached hydrogens (tertiary/aromatic N) is 2. The predicted octanol–water partition coefficient (Wildman–Crippen LogP) is 2.95. The van der Waals surface area contributed by atoms with E-state index in [4.69, 9.17) is 0 Å². The van der Waals surface area contributed by atoms with Crippen LogP contribution in [0.15, 0.2) is 36.4 Å². The molecule has 29 heavy (non-hydrogen) atoms. The number of carbonyl (C=O) groups is 2. The van der Waals surface area contributed by atoms with Gasteiger partial charge >= 0.3 is 0 Å². The van der Waals surface area contributed by atoms with Crippen LogP contribution in [0, 0.1) is 17.5 Å². The lowest BCUT2D eigenvalue weighted by molar-refractivity contribution is -0.137. The van der Waals surface area contributed by atoms with Gasteiger partial charge in [-0.3, -0.25) is 14.5 Å². The zero-order valence-corrected chi connectivity index (χ0v) is 16.2. The topological polar surface area (TPSA) is 52.7 Å². The Hall–Kier alpha value is -2.87. The van der Waals surface area contributed by atoms with Crippen molar-refractivity contribution in [2.75, 3.05) is 25.5 Å². The van der Waals surface area contributed by atoms with Gasteiger partial charge in [0.2, 0.25) is 11.8 Å². The molecule has 2 aromatic rings. The molecule has 0 saturated carbocycles. The summed E-state index contributed by atoms with van der Waals surface area (Å²) in [5, 5.41) is 2.21. The number of hydrogen-bond donors (Lipinski definition) is 1. The summed E-state index contributed by atoms with van der Waals surface area (Å²) >= 11 is 0. The lowest BCUT2D eigenvalue weighted by Gasteiger charge is -2.33. The van der Waals surface area contributed by atoms with Gasteiger partial charge in [0.25, 0.3) is 0 Å². The maximum atomic E-state index is 13.7. The van der Waals surface area contributed by atoms with Crippen LogP contribution in [0.5, 0.6) is 0 Å². The first-order chi connectivity index (χ1) is 13.8. The average Bonchev–Trinajstić information content (AvgIpc) is 2.72. The van der Waals surface area contributed by atoms with E-state index in [1.165, 1.54) is 10.5 Å². The van der Waals surface area contributed by atoms with E-state index >= 15 is 0 Å². The van der Waals surface area contributed by atoms with Crippen molar-refractivity contribution < 1.29 is 22.8 Å². The zero-order valence-electron chi connectivity index (χ0n) is 16.2. The molecule has 154 valence electrons. The number of halogens is 3. The minimum atomic E-state index is -1.65. The van der Waals surface area contributed by atoms with Crippen LogP contribution in [-0.2, 0) is 22.6 Å². The van der Waals surface area contributed by atoms with Gasteiger partial charge in [-0.15, -0.1) is 0 Å². The number of nitrogens with one attached hydrogen (secondary N) is 1. The minimum absolute atomic E-state index is 0.117. The number of benzene rings is 2. The smallest absolute Gasteiger partial charge is 0.239 e. The van der Waals surface area contributed by atoms with E-state index in [2.05, 4.69) is 11.4 Å². The van der Waals surface area contributed by atoms with Crippen molar-refractivity contribution in [3.05, 3.63) is 65.0 Å².